The molecule has 0 amide bonds. The molecule has 0 spiro atoms. The third-order valence-corrected chi connectivity index (χ3v) is 5.68. The first-order valence-electron chi connectivity index (χ1n) is 10.6. The quantitative estimate of drug-likeness (QED) is 0.310. The van der Waals surface area contributed by atoms with Crippen LogP contribution in [0.3, 0.4) is 0 Å². The van der Waals surface area contributed by atoms with Gasteiger partial charge in [-0.05, 0) is 46.7 Å². The van der Waals surface area contributed by atoms with Crippen LogP contribution in [0.2, 0.25) is 0 Å². The number of hydrogen-bond acceptors (Lipinski definition) is 6. The number of benzene rings is 4. The zero-order valence-electron chi connectivity index (χ0n) is 18.0. The van der Waals surface area contributed by atoms with Crippen LogP contribution < -0.4 is 14.8 Å². The van der Waals surface area contributed by atoms with E-state index in [4.69, 9.17) is 14.7 Å². The summed E-state index contributed by atoms with van der Waals surface area (Å²) >= 11 is 0. The maximum absolute atomic E-state index is 9.44. The third-order valence-electron chi connectivity index (χ3n) is 5.68. The second kappa shape index (κ2) is 9.20. The van der Waals surface area contributed by atoms with Crippen LogP contribution in [0.1, 0.15) is 17.2 Å². The van der Waals surface area contributed by atoms with E-state index in [1.165, 1.54) is 0 Å². The largest absolute Gasteiger partial charge is 0.388 e. The fourth-order valence-corrected chi connectivity index (χ4v) is 4.18. The minimum atomic E-state index is -0.358. The summed E-state index contributed by atoms with van der Waals surface area (Å²) in [5.74, 6) is 0.869. The number of aromatic nitrogens is 1. The van der Waals surface area contributed by atoms with Gasteiger partial charge in [-0.3, -0.25) is 4.98 Å². The molecular formula is C28H18N4O2. The second-order valence-electron chi connectivity index (χ2n) is 7.62. The summed E-state index contributed by atoms with van der Waals surface area (Å²) in [6.45, 7) is 0. The van der Waals surface area contributed by atoms with Crippen LogP contribution >= 0.6 is 0 Å². The summed E-state index contributed by atoms with van der Waals surface area (Å²) < 4.78 is 10.4. The smallest absolute Gasteiger partial charge is 0.292 e. The summed E-state index contributed by atoms with van der Waals surface area (Å²) in [5.41, 5.74) is 3.23. The van der Waals surface area contributed by atoms with Crippen molar-refractivity contribution >= 4 is 27.4 Å². The number of ether oxygens (including phenoxy) is 2. The minimum Gasteiger partial charge on any atom is -0.388 e. The molecule has 162 valence electrons. The lowest BCUT2D eigenvalue weighted by Crippen LogP contribution is -2.14. The Balaban J connectivity index is 1.71. The van der Waals surface area contributed by atoms with Crippen molar-refractivity contribution in [3.8, 4) is 24.0 Å². The molecule has 34 heavy (non-hydrogen) atoms. The molecule has 1 aromatic heterocycles. The summed E-state index contributed by atoms with van der Waals surface area (Å²) in [7, 11) is 0. The van der Waals surface area contributed by atoms with Crippen LogP contribution in [0.25, 0.3) is 21.7 Å². The summed E-state index contributed by atoms with van der Waals surface area (Å²) in [5, 5.41) is 24.8. The van der Waals surface area contributed by atoms with Crippen LogP contribution in [0.5, 0.6) is 11.5 Å². The minimum absolute atomic E-state index is 0.358. The molecule has 1 N–H and O–H groups in total. The fraction of sp³-hybridized carbons (Fsp3) is 0.0357. The van der Waals surface area contributed by atoms with E-state index in [9.17, 15) is 5.26 Å². The van der Waals surface area contributed by atoms with Crippen LogP contribution in [-0.4, -0.2) is 4.98 Å². The molecule has 0 saturated heterocycles. The van der Waals surface area contributed by atoms with E-state index in [-0.39, 0.29) is 6.04 Å². The molecule has 6 nitrogen and oxygen atoms in total. The summed E-state index contributed by atoms with van der Waals surface area (Å²) in [4.78, 5) is 4.49. The highest BCUT2D eigenvalue weighted by Gasteiger charge is 2.23. The molecule has 5 aromatic rings. The van der Waals surface area contributed by atoms with Crippen molar-refractivity contribution in [2.24, 2.45) is 0 Å². The van der Waals surface area contributed by atoms with Gasteiger partial charge in [-0.25, -0.2) is 0 Å². The molecule has 0 aliphatic rings. The van der Waals surface area contributed by atoms with Gasteiger partial charge in [0.05, 0.1) is 6.04 Å². The van der Waals surface area contributed by atoms with E-state index in [2.05, 4.69) is 34.6 Å². The number of fused-ring (bicyclic) bond motifs is 2. The molecular weight excluding hydrogens is 424 g/mol. The lowest BCUT2D eigenvalue weighted by atomic mass is 9.92. The standard InChI is InChI=1S/C28H18N4O2/c29-17-33-22-13-11-21(12-14-22)32-27(24-9-3-6-19-5-1-2-8-23(19)24)25-15-10-20-7-4-16-31-26(20)28(25)34-18-30/h1-16,27,32H. The first kappa shape index (κ1) is 20.8. The lowest BCUT2D eigenvalue weighted by Gasteiger charge is -2.24. The van der Waals surface area contributed by atoms with E-state index in [1.54, 1.807) is 24.6 Å². The number of hydrogen-bond donors (Lipinski definition) is 1. The zero-order valence-corrected chi connectivity index (χ0v) is 18.0. The highest BCUT2D eigenvalue weighted by molar-refractivity contribution is 5.89. The van der Waals surface area contributed by atoms with Crippen molar-refractivity contribution in [3.05, 3.63) is 108 Å². The molecule has 0 saturated carbocycles. The lowest BCUT2D eigenvalue weighted by molar-refractivity contribution is 0.503. The van der Waals surface area contributed by atoms with Crippen molar-refractivity contribution < 1.29 is 9.47 Å². The van der Waals surface area contributed by atoms with Crippen molar-refractivity contribution in [1.82, 2.24) is 4.98 Å². The highest BCUT2D eigenvalue weighted by atomic mass is 16.5. The van der Waals surface area contributed by atoms with Gasteiger partial charge in [0.15, 0.2) is 5.75 Å². The normalized spacial score (nSPS) is 11.4. The number of rotatable bonds is 6. The molecule has 4 aromatic carbocycles. The second-order valence-corrected chi connectivity index (χ2v) is 7.62. The fourth-order valence-electron chi connectivity index (χ4n) is 4.18. The molecule has 0 aliphatic carbocycles. The van der Waals surface area contributed by atoms with Gasteiger partial charge < -0.3 is 14.8 Å². The van der Waals surface area contributed by atoms with Gasteiger partial charge in [0.2, 0.25) is 0 Å². The van der Waals surface area contributed by atoms with Crippen LogP contribution in [0, 0.1) is 23.0 Å². The van der Waals surface area contributed by atoms with Gasteiger partial charge in [-0.1, -0.05) is 60.7 Å². The Morgan fingerprint density at radius 2 is 1.47 bits per heavy atom. The number of nitriles is 2. The van der Waals surface area contributed by atoms with Crippen LogP contribution in [0.15, 0.2) is 97.2 Å². The van der Waals surface area contributed by atoms with Gasteiger partial charge >= 0.3 is 0 Å². The van der Waals surface area contributed by atoms with E-state index in [0.29, 0.717) is 17.0 Å². The topological polar surface area (TPSA) is 91.0 Å². The number of pyridine rings is 1. The molecule has 0 radical (unpaired) electrons. The number of nitrogens with zero attached hydrogens (tertiary/aromatic N) is 3. The molecule has 1 unspecified atom stereocenters. The van der Waals surface area contributed by atoms with E-state index >= 15 is 0 Å². The summed E-state index contributed by atoms with van der Waals surface area (Å²) in [6, 6.07) is 28.8. The SMILES string of the molecule is N#COc1ccc(NC(c2ccc3cccnc3c2OC#N)c2cccc3ccccc23)cc1. The maximum atomic E-state index is 9.44. The van der Waals surface area contributed by atoms with Gasteiger partial charge in [0, 0.05) is 22.8 Å². The van der Waals surface area contributed by atoms with E-state index in [1.807, 2.05) is 60.9 Å². The van der Waals surface area contributed by atoms with E-state index < -0.39 is 0 Å². The van der Waals surface area contributed by atoms with Crippen molar-refractivity contribution in [1.29, 1.82) is 10.5 Å². The molecule has 0 aliphatic heterocycles. The molecule has 1 atom stereocenters. The van der Waals surface area contributed by atoms with Crippen molar-refractivity contribution in [3.63, 3.8) is 0 Å². The molecule has 0 fully saturated rings. The van der Waals surface area contributed by atoms with Gasteiger partial charge in [-0.2, -0.15) is 0 Å². The average molecular weight is 442 g/mol. The van der Waals surface area contributed by atoms with Crippen molar-refractivity contribution in [2.75, 3.05) is 5.32 Å². The summed E-state index contributed by atoms with van der Waals surface area (Å²) in [6.07, 6.45) is 5.20. The first-order valence-corrected chi connectivity index (χ1v) is 10.6. The first-order chi connectivity index (χ1) is 16.8. The Kier molecular flexibility index (Phi) is 5.63. The van der Waals surface area contributed by atoms with Crippen LogP contribution in [0.4, 0.5) is 5.69 Å². The van der Waals surface area contributed by atoms with Crippen LogP contribution in [-0.2, 0) is 0 Å². The molecule has 6 heteroatoms. The number of nitrogens with one attached hydrogen (secondary N) is 1. The van der Waals surface area contributed by atoms with Crippen molar-refractivity contribution in [2.45, 2.75) is 6.04 Å². The predicted molar refractivity (Wildman–Crippen MR) is 130 cm³/mol. The van der Waals surface area contributed by atoms with Gasteiger partial charge in [0.25, 0.3) is 12.5 Å². The third kappa shape index (κ3) is 3.92. The average Bonchev–Trinajstić information content (AvgIpc) is 2.89. The zero-order chi connectivity index (χ0) is 23.3. The molecule has 5 rings (SSSR count). The van der Waals surface area contributed by atoms with Gasteiger partial charge in [0.1, 0.15) is 11.3 Å². The Labute approximate surface area is 196 Å². The Hall–Kier alpha value is -5.07. The van der Waals surface area contributed by atoms with Gasteiger partial charge in [-0.15, -0.1) is 10.5 Å². The maximum Gasteiger partial charge on any atom is 0.292 e. The Morgan fingerprint density at radius 3 is 2.29 bits per heavy atom. The van der Waals surface area contributed by atoms with E-state index in [0.717, 1.165) is 33.0 Å². The molecule has 1 heterocycles. The molecule has 0 bridgehead atoms. The monoisotopic (exact) mass is 442 g/mol. The Bertz CT molecular complexity index is 1560. The highest BCUT2D eigenvalue weighted by Crippen LogP contribution is 2.39. The number of anilines is 1. The Morgan fingerprint density at radius 1 is 0.706 bits per heavy atom. The predicted octanol–water partition coefficient (Wildman–Crippen LogP) is 6.31.